The Balaban J connectivity index is 1.58. The molecule has 2 aromatic rings. The molecule has 1 unspecified atom stereocenters. The zero-order valence-electron chi connectivity index (χ0n) is 13.6. The molecule has 2 aliphatic rings. The molecule has 1 aliphatic heterocycles. The zero-order valence-corrected chi connectivity index (χ0v) is 13.6. The molecule has 5 nitrogen and oxygen atoms in total. The van der Waals surface area contributed by atoms with E-state index in [1.807, 2.05) is 27.8 Å². The molecule has 2 aromatic heterocycles. The molecule has 1 aliphatic carbocycles. The van der Waals surface area contributed by atoms with Crippen LogP contribution in [0, 0.1) is 0 Å². The van der Waals surface area contributed by atoms with Crippen molar-refractivity contribution in [3.05, 3.63) is 41.6 Å². The van der Waals surface area contributed by atoms with Gasteiger partial charge in [-0.05, 0) is 50.3 Å². The van der Waals surface area contributed by atoms with Crippen molar-refractivity contribution in [3.63, 3.8) is 0 Å². The first-order valence-corrected chi connectivity index (χ1v) is 8.71. The molecular formula is C18H23N3O2. The predicted octanol–water partition coefficient (Wildman–Crippen LogP) is 3.74. The minimum Gasteiger partial charge on any atom is -0.464 e. The largest absolute Gasteiger partial charge is 0.464 e. The van der Waals surface area contributed by atoms with Crippen LogP contribution in [0.2, 0.25) is 0 Å². The first-order chi connectivity index (χ1) is 11.3. The lowest BCUT2D eigenvalue weighted by atomic mass is 9.93. The third-order valence-corrected chi connectivity index (χ3v) is 5.18. The van der Waals surface area contributed by atoms with Crippen LogP contribution in [-0.4, -0.2) is 27.1 Å². The molecule has 1 saturated heterocycles. The van der Waals surface area contributed by atoms with Crippen molar-refractivity contribution in [3.8, 4) is 0 Å². The van der Waals surface area contributed by atoms with Gasteiger partial charge >= 0.3 is 0 Å². The van der Waals surface area contributed by atoms with Crippen LogP contribution in [-0.2, 0) is 6.42 Å². The van der Waals surface area contributed by atoms with Crippen molar-refractivity contribution in [2.24, 2.45) is 0 Å². The van der Waals surface area contributed by atoms with Crippen molar-refractivity contribution in [1.82, 2.24) is 14.7 Å². The van der Waals surface area contributed by atoms with Crippen molar-refractivity contribution in [2.45, 2.75) is 57.5 Å². The lowest BCUT2D eigenvalue weighted by Gasteiger charge is -2.29. The number of rotatable bonds is 4. The number of nitrogens with zero attached hydrogens (tertiary/aromatic N) is 3. The number of likely N-dealkylation sites (tertiary alicyclic amines) is 1. The Labute approximate surface area is 136 Å². The summed E-state index contributed by atoms with van der Waals surface area (Å²) in [6.45, 7) is 2.87. The van der Waals surface area contributed by atoms with Gasteiger partial charge < -0.3 is 9.32 Å². The summed E-state index contributed by atoms with van der Waals surface area (Å²) in [5.74, 6) is 1.99. The van der Waals surface area contributed by atoms with Crippen LogP contribution < -0.4 is 0 Å². The van der Waals surface area contributed by atoms with Gasteiger partial charge in [0, 0.05) is 19.2 Å². The highest BCUT2D eigenvalue weighted by Gasteiger charge is 2.35. The molecule has 0 bridgehead atoms. The second-order valence-electron chi connectivity index (χ2n) is 6.56. The van der Waals surface area contributed by atoms with Crippen LogP contribution in [0.15, 0.2) is 28.8 Å². The molecule has 5 heteroatoms. The van der Waals surface area contributed by atoms with Crippen molar-refractivity contribution >= 4 is 5.91 Å². The molecule has 1 amide bonds. The Bertz CT molecular complexity index is 699. The summed E-state index contributed by atoms with van der Waals surface area (Å²) in [6.07, 6.45) is 8.12. The lowest BCUT2D eigenvalue weighted by Crippen LogP contribution is -2.33. The number of amides is 1. The maximum Gasteiger partial charge on any atom is 0.272 e. The highest BCUT2D eigenvalue weighted by molar-refractivity contribution is 5.93. The molecule has 1 saturated carbocycles. The number of furan rings is 1. The molecule has 23 heavy (non-hydrogen) atoms. The van der Waals surface area contributed by atoms with E-state index in [0.717, 1.165) is 55.9 Å². The van der Waals surface area contributed by atoms with E-state index in [1.165, 1.54) is 6.42 Å². The van der Waals surface area contributed by atoms with E-state index in [-0.39, 0.29) is 11.9 Å². The molecule has 2 fully saturated rings. The van der Waals surface area contributed by atoms with Gasteiger partial charge in [-0.3, -0.25) is 9.48 Å². The first-order valence-electron chi connectivity index (χ1n) is 8.71. The molecule has 3 heterocycles. The third-order valence-electron chi connectivity index (χ3n) is 5.18. The quantitative estimate of drug-likeness (QED) is 0.864. The summed E-state index contributed by atoms with van der Waals surface area (Å²) >= 11 is 0. The van der Waals surface area contributed by atoms with E-state index >= 15 is 0 Å². The standard InChI is InChI=1S/C18H23N3O2/c1-2-14-8-9-17(23-14)15-7-4-12-20(15)18(22)16-10-11-19-21(16)13-5-3-6-13/h8-11,13,15H,2-7,12H2,1H3. The van der Waals surface area contributed by atoms with Crippen molar-refractivity contribution in [1.29, 1.82) is 0 Å². The molecule has 0 spiro atoms. The van der Waals surface area contributed by atoms with E-state index in [1.54, 1.807) is 6.20 Å². The summed E-state index contributed by atoms with van der Waals surface area (Å²) in [5.41, 5.74) is 0.726. The smallest absolute Gasteiger partial charge is 0.272 e. The number of aryl methyl sites for hydroxylation is 1. The molecule has 0 N–H and O–H groups in total. The fourth-order valence-electron chi connectivity index (χ4n) is 3.62. The van der Waals surface area contributed by atoms with Crippen molar-refractivity contribution in [2.75, 3.05) is 6.54 Å². The molecule has 4 rings (SSSR count). The van der Waals surface area contributed by atoms with E-state index < -0.39 is 0 Å². The Morgan fingerprint density at radius 1 is 1.26 bits per heavy atom. The van der Waals surface area contributed by atoms with E-state index in [4.69, 9.17) is 4.42 Å². The molecule has 0 aromatic carbocycles. The highest BCUT2D eigenvalue weighted by atomic mass is 16.3. The van der Waals surface area contributed by atoms with Crippen LogP contribution >= 0.6 is 0 Å². The highest BCUT2D eigenvalue weighted by Crippen LogP contribution is 2.36. The van der Waals surface area contributed by atoms with Crippen LogP contribution in [0.3, 0.4) is 0 Å². The normalized spacial score (nSPS) is 21.6. The molecule has 122 valence electrons. The molecule has 1 atom stereocenters. The van der Waals surface area contributed by atoms with Crippen LogP contribution in [0.4, 0.5) is 0 Å². The summed E-state index contributed by atoms with van der Waals surface area (Å²) < 4.78 is 7.84. The van der Waals surface area contributed by atoms with E-state index in [0.29, 0.717) is 6.04 Å². The Morgan fingerprint density at radius 3 is 2.83 bits per heavy atom. The zero-order chi connectivity index (χ0) is 15.8. The van der Waals surface area contributed by atoms with Gasteiger partial charge in [0.15, 0.2) is 0 Å². The van der Waals surface area contributed by atoms with Crippen LogP contribution in [0.1, 0.15) is 73.1 Å². The molecular weight excluding hydrogens is 290 g/mol. The number of aromatic nitrogens is 2. The SMILES string of the molecule is CCc1ccc(C2CCCN2C(=O)c2ccnn2C2CCC2)o1. The first kappa shape index (κ1) is 14.5. The van der Waals surface area contributed by atoms with Crippen molar-refractivity contribution < 1.29 is 9.21 Å². The summed E-state index contributed by atoms with van der Waals surface area (Å²) in [7, 11) is 0. The van der Waals surface area contributed by atoms with Crippen LogP contribution in [0.5, 0.6) is 0 Å². The Morgan fingerprint density at radius 2 is 2.13 bits per heavy atom. The maximum atomic E-state index is 13.1. The van der Waals surface area contributed by atoms with Gasteiger partial charge in [-0.15, -0.1) is 0 Å². The number of carbonyl (C=O) groups excluding carboxylic acids is 1. The average molecular weight is 313 g/mol. The van der Waals surface area contributed by atoms with Gasteiger partial charge in [-0.2, -0.15) is 5.10 Å². The fraction of sp³-hybridized carbons (Fsp3) is 0.556. The number of hydrogen-bond acceptors (Lipinski definition) is 3. The summed E-state index contributed by atoms with van der Waals surface area (Å²) in [5, 5.41) is 4.39. The van der Waals surface area contributed by atoms with E-state index in [9.17, 15) is 4.79 Å². The summed E-state index contributed by atoms with van der Waals surface area (Å²) in [6, 6.07) is 6.37. The minimum atomic E-state index is 0.0625. The minimum absolute atomic E-state index is 0.0625. The third kappa shape index (κ3) is 2.48. The number of carbonyl (C=O) groups is 1. The van der Waals surface area contributed by atoms with Gasteiger partial charge in [-0.1, -0.05) is 6.92 Å². The maximum absolute atomic E-state index is 13.1. The van der Waals surface area contributed by atoms with Gasteiger partial charge in [-0.25, -0.2) is 0 Å². The second kappa shape index (κ2) is 5.87. The summed E-state index contributed by atoms with van der Waals surface area (Å²) in [4.78, 5) is 15.0. The van der Waals surface area contributed by atoms with Gasteiger partial charge in [0.25, 0.3) is 5.91 Å². The Kier molecular flexibility index (Phi) is 3.71. The van der Waals surface area contributed by atoms with Gasteiger partial charge in [0.2, 0.25) is 0 Å². The van der Waals surface area contributed by atoms with E-state index in [2.05, 4.69) is 12.0 Å². The topological polar surface area (TPSA) is 51.3 Å². The monoisotopic (exact) mass is 313 g/mol. The fourth-order valence-corrected chi connectivity index (χ4v) is 3.62. The number of hydrogen-bond donors (Lipinski definition) is 0. The van der Waals surface area contributed by atoms with Gasteiger partial charge in [0.05, 0.1) is 12.1 Å². The molecule has 0 radical (unpaired) electrons. The van der Waals surface area contributed by atoms with Gasteiger partial charge in [0.1, 0.15) is 17.2 Å². The average Bonchev–Trinajstić information content (AvgIpc) is 3.24. The second-order valence-corrected chi connectivity index (χ2v) is 6.56. The predicted molar refractivity (Wildman–Crippen MR) is 86.2 cm³/mol. The van der Waals surface area contributed by atoms with Crippen LogP contribution in [0.25, 0.3) is 0 Å². The lowest BCUT2D eigenvalue weighted by molar-refractivity contribution is 0.0698. The Hall–Kier alpha value is -2.04.